The van der Waals surface area contributed by atoms with Crippen molar-refractivity contribution >= 4 is 6.29 Å². The molecule has 4 aliphatic rings. The van der Waals surface area contributed by atoms with Gasteiger partial charge in [0.1, 0.15) is 6.29 Å². The number of hydrogen-bond donors (Lipinski definition) is 0. The first kappa shape index (κ1) is 24.3. The van der Waals surface area contributed by atoms with Crippen LogP contribution < -0.4 is 0 Å². The molecule has 9 unspecified atom stereocenters. The Morgan fingerprint density at radius 3 is 2.34 bits per heavy atom. The third kappa shape index (κ3) is 3.60. The monoisotopic (exact) mass is 439 g/mol. The maximum Gasteiger partial charge on any atom is 0.125 e. The quantitative estimate of drug-likeness (QED) is 0.391. The van der Waals surface area contributed by atoms with Gasteiger partial charge < -0.3 is 4.79 Å². The fourth-order valence-electron chi connectivity index (χ4n) is 9.92. The average molecular weight is 440 g/mol. The smallest absolute Gasteiger partial charge is 0.125 e. The Kier molecular flexibility index (Phi) is 6.40. The van der Waals surface area contributed by atoms with E-state index in [4.69, 9.17) is 0 Å². The molecule has 4 fully saturated rings. The van der Waals surface area contributed by atoms with Gasteiger partial charge in [-0.1, -0.05) is 60.8 Å². The van der Waals surface area contributed by atoms with E-state index >= 15 is 0 Å². The van der Waals surface area contributed by atoms with Crippen LogP contribution in [0.15, 0.2) is 0 Å². The van der Waals surface area contributed by atoms with Crippen molar-refractivity contribution in [1.82, 2.24) is 0 Å². The summed E-state index contributed by atoms with van der Waals surface area (Å²) in [5, 5.41) is 10.5. The van der Waals surface area contributed by atoms with Gasteiger partial charge in [-0.15, -0.1) is 0 Å². The minimum Gasteiger partial charge on any atom is -0.303 e. The second kappa shape index (κ2) is 8.43. The van der Waals surface area contributed by atoms with Gasteiger partial charge >= 0.3 is 0 Å². The Labute approximate surface area is 198 Å². The van der Waals surface area contributed by atoms with Crippen molar-refractivity contribution in [2.24, 2.45) is 57.2 Å². The highest BCUT2D eigenvalue weighted by atomic mass is 16.1. The summed E-state index contributed by atoms with van der Waals surface area (Å²) in [6, 6.07) is 2.85. The molecule has 9 atom stereocenters. The highest BCUT2D eigenvalue weighted by Crippen LogP contribution is 2.72. The summed E-state index contributed by atoms with van der Waals surface area (Å²) in [4.78, 5) is 11.9. The molecule has 4 rings (SSSR count). The molecule has 0 amide bonds. The SMILES string of the molecule is CC(C)CCCC(C)C1CCC2C3CCC4(C#N)CC(C)(C=O)CCC4(C)C3CCC12C. The van der Waals surface area contributed by atoms with E-state index in [1.807, 2.05) is 0 Å². The maximum absolute atomic E-state index is 11.9. The summed E-state index contributed by atoms with van der Waals surface area (Å²) in [5.41, 5.74) is 0.00989. The zero-order valence-corrected chi connectivity index (χ0v) is 21.9. The van der Waals surface area contributed by atoms with E-state index in [1.165, 1.54) is 51.4 Å². The first-order valence-electron chi connectivity index (χ1n) is 13.9. The Morgan fingerprint density at radius 1 is 0.938 bits per heavy atom. The Bertz CT molecular complexity index is 752. The van der Waals surface area contributed by atoms with Crippen LogP contribution in [0.2, 0.25) is 0 Å². The molecule has 0 radical (unpaired) electrons. The van der Waals surface area contributed by atoms with E-state index in [-0.39, 0.29) is 16.2 Å². The Hall–Kier alpha value is -0.840. The van der Waals surface area contributed by atoms with E-state index in [0.717, 1.165) is 61.6 Å². The summed E-state index contributed by atoms with van der Waals surface area (Å²) in [5.74, 6) is 4.89. The standard InChI is InChI=1S/C30H49NO/c1-21(2)8-7-9-22(3)24-10-11-25-23-12-15-30(19-31)18-27(4,20-32)16-17-29(30,6)26(23)13-14-28(24,25)5/h20-26H,7-18H2,1-6H3. The van der Waals surface area contributed by atoms with Gasteiger partial charge in [0.05, 0.1) is 11.5 Å². The lowest BCUT2D eigenvalue weighted by Crippen LogP contribution is -2.59. The van der Waals surface area contributed by atoms with Crippen LogP contribution in [0.4, 0.5) is 0 Å². The molecule has 0 saturated heterocycles. The van der Waals surface area contributed by atoms with E-state index < -0.39 is 0 Å². The Balaban J connectivity index is 1.54. The van der Waals surface area contributed by atoms with Crippen LogP contribution in [-0.2, 0) is 4.79 Å². The molecule has 2 heteroatoms. The van der Waals surface area contributed by atoms with Gasteiger partial charge in [-0.2, -0.15) is 5.26 Å². The number of hydrogen-bond acceptors (Lipinski definition) is 2. The lowest BCUT2D eigenvalue weighted by atomic mass is 9.38. The number of fused-ring (bicyclic) bond motifs is 5. The van der Waals surface area contributed by atoms with E-state index in [0.29, 0.717) is 11.3 Å². The largest absolute Gasteiger partial charge is 0.303 e. The van der Waals surface area contributed by atoms with E-state index in [9.17, 15) is 10.1 Å². The van der Waals surface area contributed by atoms with Crippen LogP contribution in [0, 0.1) is 68.5 Å². The van der Waals surface area contributed by atoms with Crippen LogP contribution in [0.25, 0.3) is 0 Å². The van der Waals surface area contributed by atoms with Crippen molar-refractivity contribution in [3.63, 3.8) is 0 Å². The van der Waals surface area contributed by atoms with Crippen molar-refractivity contribution in [3.05, 3.63) is 0 Å². The third-order valence-corrected chi connectivity index (χ3v) is 11.9. The molecule has 32 heavy (non-hydrogen) atoms. The number of nitrogens with zero attached hydrogens (tertiary/aromatic N) is 1. The minimum absolute atomic E-state index is 0.0927. The van der Waals surface area contributed by atoms with Crippen molar-refractivity contribution in [2.45, 2.75) is 119 Å². The lowest BCUT2D eigenvalue weighted by molar-refractivity contribution is -0.161. The van der Waals surface area contributed by atoms with E-state index in [2.05, 4.69) is 47.6 Å². The highest BCUT2D eigenvalue weighted by molar-refractivity contribution is 5.59. The molecule has 2 nitrogen and oxygen atoms in total. The Morgan fingerprint density at radius 2 is 1.69 bits per heavy atom. The van der Waals surface area contributed by atoms with Gasteiger partial charge in [-0.05, 0) is 104 Å². The predicted molar refractivity (Wildman–Crippen MR) is 132 cm³/mol. The molecule has 4 aliphatic carbocycles. The fourth-order valence-corrected chi connectivity index (χ4v) is 9.92. The normalized spacial score (nSPS) is 48.9. The molecular formula is C30H49NO. The van der Waals surface area contributed by atoms with Crippen LogP contribution in [0.1, 0.15) is 119 Å². The number of aldehydes is 1. The van der Waals surface area contributed by atoms with Gasteiger partial charge in [0.25, 0.3) is 0 Å². The minimum atomic E-state index is -0.296. The summed E-state index contributed by atoms with van der Waals surface area (Å²) in [7, 11) is 0. The molecule has 0 aliphatic heterocycles. The number of carbonyl (C=O) groups is 1. The molecule has 0 spiro atoms. The molecule has 0 aromatic rings. The highest BCUT2D eigenvalue weighted by Gasteiger charge is 2.66. The zero-order chi connectivity index (χ0) is 23.4. The van der Waals surface area contributed by atoms with Gasteiger partial charge in [0.2, 0.25) is 0 Å². The summed E-state index contributed by atoms with van der Waals surface area (Å²) >= 11 is 0. The first-order chi connectivity index (χ1) is 15.0. The summed E-state index contributed by atoms with van der Waals surface area (Å²) < 4.78 is 0. The molecule has 0 N–H and O–H groups in total. The molecule has 0 aromatic carbocycles. The third-order valence-electron chi connectivity index (χ3n) is 11.9. The number of rotatable bonds is 6. The topological polar surface area (TPSA) is 40.9 Å². The van der Waals surface area contributed by atoms with Crippen LogP contribution >= 0.6 is 0 Å². The molecule has 0 aromatic heterocycles. The number of carbonyl (C=O) groups excluding carboxylic acids is 1. The van der Waals surface area contributed by atoms with Gasteiger partial charge in [-0.25, -0.2) is 0 Å². The fraction of sp³-hybridized carbons (Fsp3) is 0.933. The van der Waals surface area contributed by atoms with Gasteiger partial charge in [-0.3, -0.25) is 0 Å². The average Bonchev–Trinajstić information content (AvgIpc) is 3.11. The van der Waals surface area contributed by atoms with Crippen molar-refractivity contribution in [1.29, 1.82) is 5.26 Å². The maximum atomic E-state index is 11.9. The molecule has 0 heterocycles. The summed E-state index contributed by atoms with van der Waals surface area (Å²) in [6.07, 6.45) is 15.9. The predicted octanol–water partition coefficient (Wildman–Crippen LogP) is 8.21. The van der Waals surface area contributed by atoms with Crippen LogP contribution in [0.5, 0.6) is 0 Å². The molecule has 180 valence electrons. The second-order valence-electron chi connectivity index (χ2n) is 14.0. The number of nitriles is 1. The van der Waals surface area contributed by atoms with Crippen LogP contribution in [-0.4, -0.2) is 6.29 Å². The molecule has 0 bridgehead atoms. The first-order valence-corrected chi connectivity index (χ1v) is 13.9. The van der Waals surface area contributed by atoms with Gasteiger partial charge in [0, 0.05) is 5.41 Å². The van der Waals surface area contributed by atoms with E-state index in [1.54, 1.807) is 0 Å². The zero-order valence-electron chi connectivity index (χ0n) is 21.9. The van der Waals surface area contributed by atoms with Crippen LogP contribution in [0.3, 0.4) is 0 Å². The summed E-state index contributed by atoms with van der Waals surface area (Å²) in [6.45, 7) is 14.5. The van der Waals surface area contributed by atoms with Crippen molar-refractivity contribution in [3.8, 4) is 6.07 Å². The molecule has 4 saturated carbocycles. The van der Waals surface area contributed by atoms with Crippen molar-refractivity contribution in [2.75, 3.05) is 0 Å². The molecular weight excluding hydrogens is 390 g/mol. The van der Waals surface area contributed by atoms with Gasteiger partial charge in [0.15, 0.2) is 0 Å². The lowest BCUT2D eigenvalue weighted by Gasteiger charge is -2.65. The second-order valence-corrected chi connectivity index (χ2v) is 14.0. The van der Waals surface area contributed by atoms with Crippen molar-refractivity contribution < 1.29 is 4.79 Å².